The van der Waals surface area contributed by atoms with Gasteiger partial charge in [-0.1, -0.05) is 0 Å². The smallest absolute Gasteiger partial charge is 0.287 e. The minimum absolute atomic E-state index is 0.120. The Hall–Kier alpha value is -2.14. The minimum atomic E-state index is -0.120. The SMILES string of the molecule is CC1C(NC(=O)c2ccc(-c3cccnc3)o2)C2CCN1CC2. The molecule has 2 unspecified atom stereocenters. The van der Waals surface area contributed by atoms with Crippen LogP contribution in [0.2, 0.25) is 0 Å². The highest BCUT2D eigenvalue weighted by molar-refractivity contribution is 5.92. The number of furan rings is 1. The number of rotatable bonds is 3. The molecule has 2 bridgehead atoms. The van der Waals surface area contributed by atoms with Crippen molar-refractivity contribution in [3.8, 4) is 11.3 Å². The van der Waals surface area contributed by atoms with Crippen LogP contribution in [0, 0.1) is 5.92 Å². The van der Waals surface area contributed by atoms with Crippen LogP contribution in [0.5, 0.6) is 0 Å². The van der Waals surface area contributed by atoms with Gasteiger partial charge in [0.1, 0.15) is 5.76 Å². The maximum absolute atomic E-state index is 12.5. The Morgan fingerprint density at radius 1 is 1.30 bits per heavy atom. The van der Waals surface area contributed by atoms with E-state index in [1.807, 2.05) is 18.2 Å². The molecule has 23 heavy (non-hydrogen) atoms. The van der Waals surface area contributed by atoms with Crippen molar-refractivity contribution in [2.45, 2.75) is 31.8 Å². The zero-order valence-electron chi connectivity index (χ0n) is 13.2. The number of nitrogens with one attached hydrogen (secondary N) is 1. The second-order valence-electron chi connectivity index (χ2n) is 6.52. The normalized spacial score (nSPS) is 29.4. The van der Waals surface area contributed by atoms with Crippen LogP contribution in [0.1, 0.15) is 30.3 Å². The van der Waals surface area contributed by atoms with Gasteiger partial charge in [-0.25, -0.2) is 0 Å². The Labute approximate surface area is 135 Å². The number of nitrogens with zero attached hydrogens (tertiary/aromatic N) is 2. The number of fused-ring (bicyclic) bond motifs is 3. The first-order chi connectivity index (χ1) is 11.2. The summed E-state index contributed by atoms with van der Waals surface area (Å²) in [4.78, 5) is 19.1. The van der Waals surface area contributed by atoms with E-state index in [0.29, 0.717) is 23.5 Å². The topological polar surface area (TPSA) is 58.4 Å². The zero-order valence-corrected chi connectivity index (χ0v) is 13.2. The number of pyridine rings is 1. The van der Waals surface area contributed by atoms with Gasteiger partial charge in [-0.2, -0.15) is 0 Å². The van der Waals surface area contributed by atoms with E-state index in [1.165, 1.54) is 12.8 Å². The molecule has 2 aromatic rings. The van der Waals surface area contributed by atoms with Crippen molar-refractivity contribution in [1.29, 1.82) is 0 Å². The molecule has 2 aromatic heterocycles. The summed E-state index contributed by atoms with van der Waals surface area (Å²) in [6, 6.07) is 7.96. The van der Waals surface area contributed by atoms with E-state index in [9.17, 15) is 4.79 Å². The highest BCUT2D eigenvalue weighted by Gasteiger charge is 2.40. The van der Waals surface area contributed by atoms with Gasteiger partial charge in [-0.05, 0) is 63.0 Å². The minimum Gasteiger partial charge on any atom is -0.451 e. The van der Waals surface area contributed by atoms with Crippen molar-refractivity contribution >= 4 is 5.91 Å². The van der Waals surface area contributed by atoms with Crippen molar-refractivity contribution in [3.63, 3.8) is 0 Å². The summed E-state index contributed by atoms with van der Waals surface area (Å²) in [5, 5.41) is 3.19. The lowest BCUT2D eigenvalue weighted by molar-refractivity contribution is 0.0211. The van der Waals surface area contributed by atoms with Gasteiger partial charge in [-0.3, -0.25) is 14.7 Å². The van der Waals surface area contributed by atoms with Crippen LogP contribution in [-0.4, -0.2) is 41.0 Å². The van der Waals surface area contributed by atoms with Gasteiger partial charge in [-0.15, -0.1) is 0 Å². The molecule has 0 saturated carbocycles. The first-order valence-corrected chi connectivity index (χ1v) is 8.27. The summed E-state index contributed by atoms with van der Waals surface area (Å²) in [6.45, 7) is 4.52. The fraction of sp³-hybridized carbons (Fsp3) is 0.444. The summed E-state index contributed by atoms with van der Waals surface area (Å²) in [5.41, 5.74) is 0.878. The van der Waals surface area contributed by atoms with E-state index >= 15 is 0 Å². The molecule has 3 fully saturated rings. The lowest BCUT2D eigenvalue weighted by Crippen LogP contribution is -2.62. The second-order valence-corrected chi connectivity index (χ2v) is 6.52. The average molecular weight is 311 g/mol. The number of amides is 1. The maximum Gasteiger partial charge on any atom is 0.287 e. The van der Waals surface area contributed by atoms with E-state index in [-0.39, 0.29) is 11.9 Å². The quantitative estimate of drug-likeness (QED) is 0.946. The maximum atomic E-state index is 12.5. The van der Waals surface area contributed by atoms with Crippen LogP contribution < -0.4 is 5.32 Å². The van der Waals surface area contributed by atoms with E-state index in [1.54, 1.807) is 18.5 Å². The third-order valence-electron chi connectivity index (χ3n) is 5.25. The first-order valence-electron chi connectivity index (χ1n) is 8.27. The van der Waals surface area contributed by atoms with E-state index in [0.717, 1.165) is 18.7 Å². The number of carbonyl (C=O) groups is 1. The Morgan fingerprint density at radius 3 is 2.83 bits per heavy atom. The third-order valence-corrected chi connectivity index (χ3v) is 5.25. The Kier molecular flexibility index (Phi) is 3.65. The molecule has 120 valence electrons. The van der Waals surface area contributed by atoms with Gasteiger partial charge in [0.2, 0.25) is 0 Å². The largest absolute Gasteiger partial charge is 0.451 e. The second kappa shape index (κ2) is 5.81. The summed E-state index contributed by atoms with van der Waals surface area (Å²) in [7, 11) is 0. The summed E-state index contributed by atoms with van der Waals surface area (Å²) >= 11 is 0. The molecule has 0 aliphatic carbocycles. The predicted molar refractivity (Wildman–Crippen MR) is 87.0 cm³/mol. The van der Waals surface area contributed by atoms with Crippen molar-refractivity contribution in [2.75, 3.05) is 13.1 Å². The zero-order chi connectivity index (χ0) is 15.8. The molecule has 0 aromatic carbocycles. The molecule has 5 nitrogen and oxygen atoms in total. The molecule has 3 saturated heterocycles. The molecule has 5 rings (SSSR count). The third kappa shape index (κ3) is 2.65. The fourth-order valence-corrected chi connectivity index (χ4v) is 3.89. The fourth-order valence-electron chi connectivity index (χ4n) is 3.89. The molecular formula is C18H21N3O2. The molecule has 1 amide bonds. The first kappa shape index (κ1) is 14.5. The highest BCUT2D eigenvalue weighted by Crippen LogP contribution is 2.32. The monoisotopic (exact) mass is 311 g/mol. The number of aromatic nitrogens is 1. The molecule has 5 heterocycles. The Bertz CT molecular complexity index is 687. The van der Waals surface area contributed by atoms with E-state index in [2.05, 4.69) is 22.1 Å². The Balaban J connectivity index is 1.49. The van der Waals surface area contributed by atoms with Crippen molar-refractivity contribution in [2.24, 2.45) is 5.92 Å². The van der Waals surface area contributed by atoms with Crippen LogP contribution in [0.15, 0.2) is 41.1 Å². The van der Waals surface area contributed by atoms with Crippen molar-refractivity contribution in [1.82, 2.24) is 15.2 Å². The van der Waals surface area contributed by atoms with Gasteiger partial charge >= 0.3 is 0 Å². The molecule has 0 spiro atoms. The molecular weight excluding hydrogens is 290 g/mol. The average Bonchev–Trinajstić information content (AvgIpc) is 3.09. The van der Waals surface area contributed by atoms with Gasteiger partial charge in [0.05, 0.1) is 0 Å². The van der Waals surface area contributed by atoms with Crippen LogP contribution in [0.25, 0.3) is 11.3 Å². The number of hydrogen-bond acceptors (Lipinski definition) is 4. The number of hydrogen-bond donors (Lipinski definition) is 1. The van der Waals surface area contributed by atoms with Gasteiger partial charge in [0, 0.05) is 30.0 Å². The van der Waals surface area contributed by atoms with Crippen molar-refractivity contribution in [3.05, 3.63) is 42.4 Å². The Morgan fingerprint density at radius 2 is 2.13 bits per heavy atom. The van der Waals surface area contributed by atoms with Crippen LogP contribution in [0.4, 0.5) is 0 Å². The van der Waals surface area contributed by atoms with E-state index in [4.69, 9.17) is 4.42 Å². The summed E-state index contributed by atoms with van der Waals surface area (Å²) < 4.78 is 5.72. The standard InChI is InChI=1S/C18H21N3O2/c1-12-17(13-6-9-21(12)10-7-13)20-18(22)16-5-4-15(23-16)14-3-2-8-19-11-14/h2-5,8,11-13,17H,6-7,9-10H2,1H3,(H,20,22). The molecule has 0 radical (unpaired) electrons. The summed E-state index contributed by atoms with van der Waals surface area (Å²) in [6.07, 6.45) is 5.80. The lowest BCUT2D eigenvalue weighted by atomic mass is 9.79. The molecule has 3 aliphatic rings. The molecule has 5 heteroatoms. The molecule has 3 aliphatic heterocycles. The van der Waals surface area contributed by atoms with Crippen LogP contribution in [-0.2, 0) is 0 Å². The van der Waals surface area contributed by atoms with E-state index < -0.39 is 0 Å². The molecule has 2 atom stereocenters. The van der Waals surface area contributed by atoms with Gasteiger partial charge < -0.3 is 9.73 Å². The number of piperidine rings is 3. The van der Waals surface area contributed by atoms with Gasteiger partial charge in [0.15, 0.2) is 5.76 Å². The highest BCUT2D eigenvalue weighted by atomic mass is 16.3. The van der Waals surface area contributed by atoms with Crippen molar-refractivity contribution < 1.29 is 9.21 Å². The lowest BCUT2D eigenvalue weighted by Gasteiger charge is -2.49. The number of carbonyl (C=O) groups excluding carboxylic acids is 1. The predicted octanol–water partition coefficient (Wildman–Crippen LogP) is 2.55. The van der Waals surface area contributed by atoms with Crippen LogP contribution in [0.3, 0.4) is 0 Å². The summed E-state index contributed by atoms with van der Waals surface area (Å²) in [5.74, 6) is 1.51. The molecule has 1 N–H and O–H groups in total. The van der Waals surface area contributed by atoms with Gasteiger partial charge in [0.25, 0.3) is 5.91 Å². The van der Waals surface area contributed by atoms with Crippen LogP contribution >= 0.6 is 0 Å².